The summed E-state index contributed by atoms with van der Waals surface area (Å²) in [5.41, 5.74) is 1.57. The molecular formula is C15H19ClFN3. The van der Waals surface area contributed by atoms with Crippen molar-refractivity contribution in [3.63, 3.8) is 0 Å². The Morgan fingerprint density at radius 3 is 2.80 bits per heavy atom. The number of nitrogens with one attached hydrogen (secondary N) is 1. The standard InChI is InChI=1S/C15H19ClFN3/c1-3-8-18-14(15-7-9-19-20(15)2)10-11-12(16)5-4-6-13(11)17/h4-7,9,14,18H,3,8,10H2,1-2H3. The van der Waals surface area contributed by atoms with E-state index in [0.29, 0.717) is 17.0 Å². The third kappa shape index (κ3) is 3.38. The first-order chi connectivity index (χ1) is 9.63. The van der Waals surface area contributed by atoms with Crippen LogP contribution in [0.2, 0.25) is 5.02 Å². The van der Waals surface area contributed by atoms with Gasteiger partial charge in [0.1, 0.15) is 5.82 Å². The fourth-order valence-electron chi connectivity index (χ4n) is 2.26. The van der Waals surface area contributed by atoms with Crippen molar-refractivity contribution < 1.29 is 4.39 Å². The zero-order chi connectivity index (χ0) is 14.5. The Labute approximate surface area is 123 Å². The smallest absolute Gasteiger partial charge is 0.127 e. The summed E-state index contributed by atoms with van der Waals surface area (Å²) in [6.07, 6.45) is 3.27. The predicted molar refractivity (Wildman–Crippen MR) is 79.4 cm³/mol. The molecule has 1 heterocycles. The van der Waals surface area contributed by atoms with Crippen molar-refractivity contribution in [2.24, 2.45) is 7.05 Å². The van der Waals surface area contributed by atoms with Crippen molar-refractivity contribution in [3.05, 3.63) is 52.6 Å². The molecule has 0 aliphatic rings. The number of aromatic nitrogens is 2. The van der Waals surface area contributed by atoms with Crippen molar-refractivity contribution in [1.82, 2.24) is 15.1 Å². The average molecular weight is 296 g/mol. The van der Waals surface area contributed by atoms with E-state index >= 15 is 0 Å². The van der Waals surface area contributed by atoms with Crippen LogP contribution >= 0.6 is 11.6 Å². The Morgan fingerprint density at radius 1 is 1.40 bits per heavy atom. The number of hydrogen-bond donors (Lipinski definition) is 1. The van der Waals surface area contributed by atoms with Crippen LogP contribution in [0, 0.1) is 5.82 Å². The lowest BCUT2D eigenvalue weighted by molar-refractivity contribution is 0.483. The normalized spacial score (nSPS) is 12.6. The van der Waals surface area contributed by atoms with Crippen molar-refractivity contribution in [2.75, 3.05) is 6.54 Å². The summed E-state index contributed by atoms with van der Waals surface area (Å²) < 4.78 is 15.7. The molecule has 3 nitrogen and oxygen atoms in total. The molecule has 0 amide bonds. The molecule has 5 heteroatoms. The van der Waals surface area contributed by atoms with Crippen LogP contribution in [0.5, 0.6) is 0 Å². The largest absolute Gasteiger partial charge is 0.308 e. The van der Waals surface area contributed by atoms with Gasteiger partial charge in [0.25, 0.3) is 0 Å². The lowest BCUT2D eigenvalue weighted by Gasteiger charge is -2.20. The summed E-state index contributed by atoms with van der Waals surface area (Å²) in [6.45, 7) is 2.96. The lowest BCUT2D eigenvalue weighted by Crippen LogP contribution is -2.26. The summed E-state index contributed by atoms with van der Waals surface area (Å²) in [6, 6.07) is 6.74. The van der Waals surface area contributed by atoms with Gasteiger partial charge in [-0.15, -0.1) is 0 Å². The van der Waals surface area contributed by atoms with E-state index < -0.39 is 0 Å². The molecule has 0 aliphatic carbocycles. The molecule has 0 bridgehead atoms. The molecule has 2 aromatic rings. The minimum Gasteiger partial charge on any atom is -0.308 e. The summed E-state index contributed by atoms with van der Waals surface area (Å²) in [4.78, 5) is 0. The van der Waals surface area contributed by atoms with Crippen LogP contribution in [0.4, 0.5) is 4.39 Å². The van der Waals surface area contributed by atoms with Crippen LogP contribution in [0.1, 0.15) is 30.6 Å². The van der Waals surface area contributed by atoms with Crippen molar-refractivity contribution in [3.8, 4) is 0 Å². The maximum Gasteiger partial charge on any atom is 0.127 e. The third-order valence-electron chi connectivity index (χ3n) is 3.33. The first kappa shape index (κ1) is 15.0. The van der Waals surface area contributed by atoms with Gasteiger partial charge >= 0.3 is 0 Å². The van der Waals surface area contributed by atoms with E-state index in [9.17, 15) is 4.39 Å². The predicted octanol–water partition coefficient (Wildman–Crippen LogP) is 3.50. The van der Waals surface area contributed by atoms with E-state index in [0.717, 1.165) is 18.7 Å². The topological polar surface area (TPSA) is 29.9 Å². The monoisotopic (exact) mass is 295 g/mol. The van der Waals surface area contributed by atoms with Gasteiger partial charge in [-0.3, -0.25) is 4.68 Å². The van der Waals surface area contributed by atoms with E-state index in [1.807, 2.05) is 17.8 Å². The molecule has 20 heavy (non-hydrogen) atoms. The van der Waals surface area contributed by atoms with Gasteiger partial charge in [0.05, 0.1) is 11.7 Å². The van der Waals surface area contributed by atoms with Crippen LogP contribution in [-0.4, -0.2) is 16.3 Å². The van der Waals surface area contributed by atoms with E-state index in [1.54, 1.807) is 18.3 Å². The molecule has 0 radical (unpaired) electrons. The Hall–Kier alpha value is -1.39. The average Bonchev–Trinajstić information content (AvgIpc) is 2.84. The number of halogens is 2. The van der Waals surface area contributed by atoms with E-state index in [2.05, 4.69) is 17.3 Å². The Bertz CT molecular complexity index is 548. The second kappa shape index (κ2) is 6.86. The van der Waals surface area contributed by atoms with Crippen LogP contribution in [-0.2, 0) is 13.5 Å². The highest BCUT2D eigenvalue weighted by molar-refractivity contribution is 6.31. The molecule has 108 valence electrons. The van der Waals surface area contributed by atoms with Crippen LogP contribution in [0.3, 0.4) is 0 Å². The quantitative estimate of drug-likeness (QED) is 0.884. The van der Waals surface area contributed by atoms with Gasteiger partial charge in [0.15, 0.2) is 0 Å². The van der Waals surface area contributed by atoms with Gasteiger partial charge < -0.3 is 5.32 Å². The first-order valence-corrected chi connectivity index (χ1v) is 7.15. The van der Waals surface area contributed by atoms with Gasteiger partial charge in [0, 0.05) is 23.8 Å². The molecule has 0 saturated carbocycles. The molecule has 2 rings (SSSR count). The molecule has 1 aromatic carbocycles. The molecule has 1 unspecified atom stereocenters. The van der Waals surface area contributed by atoms with E-state index in [4.69, 9.17) is 11.6 Å². The summed E-state index contributed by atoms with van der Waals surface area (Å²) in [5, 5.41) is 8.08. The SMILES string of the molecule is CCCNC(Cc1c(F)cccc1Cl)c1ccnn1C. The van der Waals surface area contributed by atoms with E-state index in [-0.39, 0.29) is 11.9 Å². The van der Waals surface area contributed by atoms with Gasteiger partial charge in [-0.2, -0.15) is 5.10 Å². The fraction of sp³-hybridized carbons (Fsp3) is 0.400. The minimum atomic E-state index is -0.261. The molecule has 0 spiro atoms. The maximum atomic E-state index is 13.9. The molecule has 0 aliphatic heterocycles. The maximum absolute atomic E-state index is 13.9. The first-order valence-electron chi connectivity index (χ1n) is 6.77. The fourth-order valence-corrected chi connectivity index (χ4v) is 2.50. The lowest BCUT2D eigenvalue weighted by atomic mass is 10.0. The van der Waals surface area contributed by atoms with Crippen molar-refractivity contribution in [2.45, 2.75) is 25.8 Å². The van der Waals surface area contributed by atoms with Gasteiger partial charge in [-0.05, 0) is 37.6 Å². The number of aryl methyl sites for hydroxylation is 1. The minimum absolute atomic E-state index is 0.00292. The van der Waals surface area contributed by atoms with Gasteiger partial charge in [-0.25, -0.2) is 4.39 Å². The second-order valence-corrected chi connectivity index (χ2v) is 5.20. The van der Waals surface area contributed by atoms with Crippen LogP contribution < -0.4 is 5.32 Å². The Balaban J connectivity index is 2.26. The van der Waals surface area contributed by atoms with Crippen molar-refractivity contribution in [1.29, 1.82) is 0 Å². The number of hydrogen-bond acceptors (Lipinski definition) is 2. The van der Waals surface area contributed by atoms with Crippen LogP contribution in [0.15, 0.2) is 30.5 Å². The highest BCUT2D eigenvalue weighted by atomic mass is 35.5. The van der Waals surface area contributed by atoms with Gasteiger partial charge in [0.2, 0.25) is 0 Å². The molecule has 1 N–H and O–H groups in total. The summed E-state index contributed by atoms with van der Waals surface area (Å²) in [7, 11) is 1.89. The zero-order valence-corrected chi connectivity index (χ0v) is 12.5. The molecule has 0 saturated heterocycles. The number of nitrogens with zero attached hydrogens (tertiary/aromatic N) is 2. The van der Waals surface area contributed by atoms with Gasteiger partial charge in [-0.1, -0.05) is 24.6 Å². The summed E-state index contributed by atoms with van der Waals surface area (Å²) >= 11 is 6.12. The molecule has 1 atom stereocenters. The van der Waals surface area contributed by atoms with Crippen molar-refractivity contribution >= 4 is 11.6 Å². The summed E-state index contributed by atoms with van der Waals surface area (Å²) in [5.74, 6) is -0.261. The molecular weight excluding hydrogens is 277 g/mol. The second-order valence-electron chi connectivity index (χ2n) is 4.79. The Kier molecular flexibility index (Phi) is 5.15. The highest BCUT2D eigenvalue weighted by Gasteiger charge is 2.18. The van der Waals surface area contributed by atoms with Crippen LogP contribution in [0.25, 0.3) is 0 Å². The zero-order valence-electron chi connectivity index (χ0n) is 11.7. The Morgan fingerprint density at radius 2 is 2.20 bits per heavy atom. The third-order valence-corrected chi connectivity index (χ3v) is 3.68. The van der Waals surface area contributed by atoms with E-state index in [1.165, 1.54) is 6.07 Å². The highest BCUT2D eigenvalue weighted by Crippen LogP contribution is 2.25. The molecule has 1 aromatic heterocycles. The molecule has 0 fully saturated rings. The number of rotatable bonds is 6. The number of benzene rings is 1.